The molecule has 30 heavy (non-hydrogen) atoms. The summed E-state index contributed by atoms with van der Waals surface area (Å²) in [6.45, 7) is 19.7. The van der Waals surface area contributed by atoms with Crippen molar-refractivity contribution < 1.29 is 18.8 Å². The third-order valence-electron chi connectivity index (χ3n) is 6.85. The summed E-state index contributed by atoms with van der Waals surface area (Å²) in [5.41, 5.74) is 0.873. The number of hydrogen-bond donors (Lipinski definition) is 0. The second-order valence-electron chi connectivity index (χ2n) is 10.8. The van der Waals surface area contributed by atoms with Gasteiger partial charge in [0.25, 0.3) is 0 Å². The van der Waals surface area contributed by atoms with E-state index in [4.69, 9.17) is 14.0 Å². The molecule has 0 radical (unpaired) electrons. The van der Waals surface area contributed by atoms with E-state index in [0.717, 1.165) is 24.0 Å². The summed E-state index contributed by atoms with van der Waals surface area (Å²) in [6.07, 6.45) is 3.54. The van der Waals surface area contributed by atoms with Crippen molar-refractivity contribution in [2.24, 2.45) is 5.92 Å². The molecule has 1 amide bonds. The van der Waals surface area contributed by atoms with Crippen LogP contribution in [0.4, 0.5) is 4.79 Å². The zero-order valence-electron chi connectivity index (χ0n) is 20.1. The molecule has 0 saturated carbocycles. The Kier molecular flexibility index (Phi) is 6.06. The highest BCUT2D eigenvalue weighted by Crippen LogP contribution is 2.37. The topological polar surface area (TPSA) is 65.8 Å². The largest absolute Gasteiger partial charge is 0.498 e. The average Bonchev–Trinajstić information content (AvgIpc) is 3.09. The van der Waals surface area contributed by atoms with Crippen LogP contribution in [-0.4, -0.2) is 57.8 Å². The Bertz CT molecular complexity index is 760. The highest BCUT2D eigenvalue weighted by atomic mass is 16.7. The maximum atomic E-state index is 12.3. The average molecular weight is 419 g/mol. The van der Waals surface area contributed by atoms with E-state index in [1.807, 2.05) is 31.9 Å². The van der Waals surface area contributed by atoms with Crippen molar-refractivity contribution >= 4 is 18.7 Å². The fourth-order valence-corrected chi connectivity index (χ4v) is 4.14. The number of piperidine rings is 1. The van der Waals surface area contributed by atoms with Crippen LogP contribution in [0.3, 0.4) is 0 Å². The number of aromatic nitrogens is 2. The zero-order chi connectivity index (χ0) is 22.5. The molecule has 1 atom stereocenters. The second-order valence-corrected chi connectivity index (χ2v) is 10.8. The van der Waals surface area contributed by atoms with E-state index in [-0.39, 0.29) is 23.3 Å². The molecule has 3 rings (SSSR count). The van der Waals surface area contributed by atoms with Gasteiger partial charge in [-0.3, -0.25) is 4.68 Å². The molecular formula is C22H38BN3O4. The van der Waals surface area contributed by atoms with Gasteiger partial charge in [-0.15, -0.1) is 0 Å². The molecule has 0 spiro atoms. The summed E-state index contributed by atoms with van der Waals surface area (Å²) >= 11 is 0. The first-order valence-electron chi connectivity index (χ1n) is 11.1. The number of hydrogen-bond acceptors (Lipinski definition) is 5. The molecule has 168 valence electrons. The second kappa shape index (κ2) is 7.86. The molecule has 0 unspecified atom stereocenters. The van der Waals surface area contributed by atoms with Gasteiger partial charge in [0.15, 0.2) is 0 Å². The van der Waals surface area contributed by atoms with E-state index in [1.165, 1.54) is 0 Å². The Morgan fingerprint density at radius 2 is 1.73 bits per heavy atom. The summed E-state index contributed by atoms with van der Waals surface area (Å²) < 4.78 is 20.0. The monoisotopic (exact) mass is 419 g/mol. The Balaban J connectivity index is 1.64. The number of carbonyl (C=O) groups excluding carboxylic acids is 1. The molecule has 2 saturated heterocycles. The molecule has 1 aromatic heterocycles. The van der Waals surface area contributed by atoms with E-state index in [2.05, 4.69) is 51.3 Å². The Labute approximate surface area is 181 Å². The quantitative estimate of drug-likeness (QED) is 0.699. The van der Waals surface area contributed by atoms with E-state index in [1.54, 1.807) is 0 Å². The predicted molar refractivity (Wildman–Crippen MR) is 118 cm³/mol. The van der Waals surface area contributed by atoms with E-state index >= 15 is 0 Å². The summed E-state index contributed by atoms with van der Waals surface area (Å²) in [4.78, 5) is 14.1. The Morgan fingerprint density at radius 1 is 1.20 bits per heavy atom. The molecule has 2 fully saturated rings. The van der Waals surface area contributed by atoms with E-state index < -0.39 is 12.7 Å². The van der Waals surface area contributed by atoms with Crippen LogP contribution < -0.4 is 5.46 Å². The number of carbonyl (C=O) groups is 1. The highest BCUT2D eigenvalue weighted by molar-refractivity contribution is 6.62. The minimum absolute atomic E-state index is 0.216. The normalized spacial score (nSPS) is 23.0. The van der Waals surface area contributed by atoms with Crippen LogP contribution in [0.2, 0.25) is 0 Å². The predicted octanol–water partition coefficient (Wildman–Crippen LogP) is 3.70. The van der Waals surface area contributed by atoms with Gasteiger partial charge in [-0.1, -0.05) is 0 Å². The van der Waals surface area contributed by atoms with Gasteiger partial charge in [0.1, 0.15) is 5.60 Å². The SMILES string of the molecule is Cc1c(B2OC(C)(C)C(C)(C)O2)cnn1[C@@H](C)C1CCN(C(=O)OC(C)(C)C)CC1. The molecule has 1 aromatic rings. The van der Waals surface area contributed by atoms with Crippen LogP contribution >= 0.6 is 0 Å². The lowest BCUT2D eigenvalue weighted by Gasteiger charge is -2.36. The Morgan fingerprint density at radius 3 is 2.23 bits per heavy atom. The van der Waals surface area contributed by atoms with Gasteiger partial charge < -0.3 is 18.9 Å². The van der Waals surface area contributed by atoms with E-state index in [9.17, 15) is 4.79 Å². The van der Waals surface area contributed by atoms with Crippen molar-refractivity contribution in [3.63, 3.8) is 0 Å². The van der Waals surface area contributed by atoms with Gasteiger partial charge in [0.05, 0.1) is 17.2 Å². The minimum Gasteiger partial charge on any atom is -0.444 e. The maximum Gasteiger partial charge on any atom is 0.498 e. The zero-order valence-corrected chi connectivity index (χ0v) is 20.1. The molecule has 0 bridgehead atoms. The number of nitrogens with zero attached hydrogens (tertiary/aromatic N) is 3. The Hall–Kier alpha value is -1.54. The summed E-state index contributed by atoms with van der Waals surface area (Å²) in [5.74, 6) is 0.452. The van der Waals surface area contributed by atoms with Crippen LogP contribution in [0.25, 0.3) is 0 Å². The van der Waals surface area contributed by atoms with E-state index in [0.29, 0.717) is 19.0 Å². The smallest absolute Gasteiger partial charge is 0.444 e. The molecule has 2 aliphatic rings. The first-order chi connectivity index (χ1) is 13.7. The van der Waals surface area contributed by atoms with Crippen molar-refractivity contribution in [1.82, 2.24) is 14.7 Å². The van der Waals surface area contributed by atoms with Gasteiger partial charge in [0, 0.05) is 30.4 Å². The van der Waals surface area contributed by atoms with Crippen LogP contribution in [0.1, 0.15) is 80.0 Å². The first-order valence-corrected chi connectivity index (χ1v) is 11.1. The van der Waals surface area contributed by atoms with Crippen LogP contribution in [0.15, 0.2) is 6.20 Å². The molecule has 7 nitrogen and oxygen atoms in total. The van der Waals surface area contributed by atoms with Crippen molar-refractivity contribution in [3.05, 3.63) is 11.9 Å². The number of likely N-dealkylation sites (tertiary alicyclic amines) is 1. The highest BCUT2D eigenvalue weighted by Gasteiger charge is 2.52. The van der Waals surface area contributed by atoms with Crippen LogP contribution in [0.5, 0.6) is 0 Å². The van der Waals surface area contributed by atoms with Gasteiger partial charge in [-0.25, -0.2) is 4.79 Å². The fraction of sp³-hybridized carbons (Fsp3) is 0.818. The lowest BCUT2D eigenvalue weighted by molar-refractivity contribution is 0.00578. The molecule has 0 N–H and O–H groups in total. The molecule has 8 heteroatoms. The molecule has 3 heterocycles. The summed E-state index contributed by atoms with van der Waals surface area (Å²) in [7, 11) is -0.398. The van der Waals surface area contributed by atoms with Gasteiger partial charge >= 0.3 is 13.2 Å². The third-order valence-corrected chi connectivity index (χ3v) is 6.85. The van der Waals surface area contributed by atoms with Crippen LogP contribution in [0, 0.1) is 12.8 Å². The molecule has 2 aliphatic heterocycles. The third kappa shape index (κ3) is 4.54. The van der Waals surface area contributed by atoms with Crippen molar-refractivity contribution in [2.45, 2.75) is 98.0 Å². The lowest BCUT2D eigenvalue weighted by Crippen LogP contribution is -2.43. The number of ether oxygens (including phenoxy) is 1. The number of rotatable bonds is 3. The van der Waals surface area contributed by atoms with Gasteiger partial charge in [0.2, 0.25) is 0 Å². The summed E-state index contributed by atoms with van der Waals surface area (Å²) in [6, 6.07) is 0.238. The fourth-order valence-electron chi connectivity index (χ4n) is 4.14. The van der Waals surface area contributed by atoms with Gasteiger partial charge in [-0.2, -0.15) is 5.10 Å². The maximum absolute atomic E-state index is 12.3. The van der Waals surface area contributed by atoms with Gasteiger partial charge in [-0.05, 0) is 81.1 Å². The standard InChI is InChI=1S/C22H38BN3O4/c1-15(17-10-12-25(13-11-17)19(27)28-20(3,4)5)26-16(2)18(14-24-26)23-29-21(6,7)22(8,9)30-23/h14-15,17H,10-13H2,1-9H3/t15-/m0/s1. The molecule has 0 aliphatic carbocycles. The van der Waals surface area contributed by atoms with Crippen molar-refractivity contribution in [1.29, 1.82) is 0 Å². The van der Waals surface area contributed by atoms with Crippen molar-refractivity contribution in [2.75, 3.05) is 13.1 Å². The lowest BCUT2D eigenvalue weighted by atomic mass is 9.79. The summed E-state index contributed by atoms with van der Waals surface area (Å²) in [5, 5.41) is 4.68. The molecule has 0 aromatic carbocycles. The van der Waals surface area contributed by atoms with Crippen molar-refractivity contribution in [3.8, 4) is 0 Å². The van der Waals surface area contributed by atoms with Crippen LogP contribution in [-0.2, 0) is 14.0 Å². The first kappa shape index (κ1) is 23.1. The number of amides is 1. The minimum atomic E-state index is -0.461. The molecular weight excluding hydrogens is 381 g/mol.